The molecule has 0 aliphatic heterocycles. The Labute approximate surface area is 95.7 Å². The zero-order valence-electron chi connectivity index (χ0n) is 7.83. The van der Waals surface area contributed by atoms with Gasteiger partial charge in [0.05, 0.1) is 4.47 Å². The van der Waals surface area contributed by atoms with Crippen molar-refractivity contribution in [3.05, 3.63) is 34.5 Å². The highest BCUT2D eigenvalue weighted by molar-refractivity contribution is 9.10. The summed E-state index contributed by atoms with van der Waals surface area (Å²) < 4.78 is 6.51. The maximum Gasteiger partial charge on any atom is 0.148 e. The predicted octanol–water partition coefficient (Wildman–Crippen LogP) is 2.33. The molecular weight excluding hydrogens is 256 g/mol. The lowest BCUT2D eigenvalue weighted by atomic mass is 10.2. The Morgan fingerprint density at radius 3 is 2.93 bits per heavy atom. The van der Waals surface area contributed by atoms with E-state index in [2.05, 4.69) is 27.3 Å². The van der Waals surface area contributed by atoms with Gasteiger partial charge in [-0.25, -0.2) is 5.43 Å². The van der Waals surface area contributed by atoms with Crippen LogP contribution in [0.3, 0.4) is 0 Å². The van der Waals surface area contributed by atoms with Crippen LogP contribution >= 0.6 is 15.9 Å². The van der Waals surface area contributed by atoms with Crippen LogP contribution in [-0.4, -0.2) is 0 Å². The summed E-state index contributed by atoms with van der Waals surface area (Å²) in [7, 11) is 0. The van der Waals surface area contributed by atoms with Gasteiger partial charge in [-0.1, -0.05) is 18.1 Å². The summed E-state index contributed by atoms with van der Waals surface area (Å²) in [5, 5.41) is 0.995. The lowest BCUT2D eigenvalue weighted by Gasteiger charge is -2.03. The molecule has 0 saturated carbocycles. The molecule has 2 rings (SSSR count). The summed E-state index contributed by atoms with van der Waals surface area (Å²) in [4.78, 5) is 0. The van der Waals surface area contributed by atoms with Crippen molar-refractivity contribution in [3.8, 4) is 12.3 Å². The van der Waals surface area contributed by atoms with Gasteiger partial charge in [-0.2, -0.15) is 0 Å². The van der Waals surface area contributed by atoms with Gasteiger partial charge in [-0.05, 0) is 28.1 Å². The van der Waals surface area contributed by atoms with E-state index >= 15 is 0 Å². The van der Waals surface area contributed by atoms with Crippen LogP contribution in [0.1, 0.15) is 11.8 Å². The lowest BCUT2D eigenvalue weighted by molar-refractivity contribution is 0.492. The minimum atomic E-state index is -0.399. The molecule has 0 aliphatic rings. The Hall–Kier alpha value is -1.28. The van der Waals surface area contributed by atoms with E-state index in [1.807, 2.05) is 24.3 Å². The van der Waals surface area contributed by atoms with Gasteiger partial charge in [0.15, 0.2) is 0 Å². The first-order valence-corrected chi connectivity index (χ1v) is 5.15. The molecule has 76 valence electrons. The molecule has 2 aromatic rings. The quantitative estimate of drug-likeness (QED) is 0.497. The molecule has 0 radical (unpaired) electrons. The average molecular weight is 265 g/mol. The van der Waals surface area contributed by atoms with E-state index < -0.39 is 6.04 Å². The van der Waals surface area contributed by atoms with Crippen molar-refractivity contribution in [2.45, 2.75) is 6.04 Å². The van der Waals surface area contributed by atoms with Gasteiger partial charge in [0, 0.05) is 5.39 Å². The summed E-state index contributed by atoms with van der Waals surface area (Å²) >= 11 is 3.41. The van der Waals surface area contributed by atoms with Crippen molar-refractivity contribution in [2.75, 3.05) is 0 Å². The first-order chi connectivity index (χ1) is 7.26. The number of rotatable bonds is 2. The molecule has 1 unspecified atom stereocenters. The Kier molecular flexibility index (Phi) is 2.78. The van der Waals surface area contributed by atoms with Crippen molar-refractivity contribution < 1.29 is 4.42 Å². The molecule has 15 heavy (non-hydrogen) atoms. The van der Waals surface area contributed by atoms with Crippen molar-refractivity contribution in [2.24, 2.45) is 5.84 Å². The Bertz CT molecular complexity index is 527. The number of terminal acetylenes is 1. The number of hydrazine groups is 1. The van der Waals surface area contributed by atoms with E-state index in [1.165, 1.54) is 0 Å². The lowest BCUT2D eigenvalue weighted by Crippen LogP contribution is -2.26. The predicted molar refractivity (Wildman–Crippen MR) is 62.8 cm³/mol. The number of hydrogen-bond acceptors (Lipinski definition) is 3. The molecule has 3 N–H and O–H groups in total. The molecule has 3 nitrogen and oxygen atoms in total. The fourth-order valence-corrected chi connectivity index (χ4v) is 1.86. The third kappa shape index (κ3) is 1.77. The van der Waals surface area contributed by atoms with Crippen LogP contribution in [0.25, 0.3) is 11.0 Å². The number of benzene rings is 1. The van der Waals surface area contributed by atoms with Crippen molar-refractivity contribution >= 4 is 26.9 Å². The molecule has 1 atom stereocenters. The normalized spacial score (nSPS) is 12.6. The van der Waals surface area contributed by atoms with E-state index in [0.29, 0.717) is 5.76 Å². The Morgan fingerprint density at radius 2 is 2.33 bits per heavy atom. The molecule has 0 amide bonds. The summed E-state index contributed by atoms with van der Waals surface area (Å²) in [6, 6.07) is 7.29. The summed E-state index contributed by atoms with van der Waals surface area (Å²) in [6.07, 6.45) is 5.31. The third-order valence-electron chi connectivity index (χ3n) is 2.13. The second kappa shape index (κ2) is 4.07. The van der Waals surface area contributed by atoms with E-state index in [9.17, 15) is 0 Å². The zero-order chi connectivity index (χ0) is 10.8. The maximum atomic E-state index is 5.61. The minimum Gasteiger partial charge on any atom is -0.457 e. The van der Waals surface area contributed by atoms with Gasteiger partial charge in [-0.15, -0.1) is 6.42 Å². The number of nitrogens with one attached hydrogen (secondary N) is 1. The van der Waals surface area contributed by atoms with E-state index in [0.717, 1.165) is 15.4 Å². The third-order valence-corrected chi connectivity index (χ3v) is 2.76. The average Bonchev–Trinajstić information content (AvgIpc) is 2.65. The van der Waals surface area contributed by atoms with Crippen molar-refractivity contribution in [3.63, 3.8) is 0 Å². The van der Waals surface area contributed by atoms with Gasteiger partial charge in [0.25, 0.3) is 0 Å². The molecule has 4 heteroatoms. The second-order valence-corrected chi connectivity index (χ2v) is 3.93. The van der Waals surface area contributed by atoms with Crippen LogP contribution in [0, 0.1) is 12.3 Å². The first kappa shape index (κ1) is 10.2. The largest absolute Gasteiger partial charge is 0.457 e. The van der Waals surface area contributed by atoms with Crippen LogP contribution < -0.4 is 11.3 Å². The maximum absolute atomic E-state index is 5.61. The van der Waals surface area contributed by atoms with E-state index in [4.69, 9.17) is 16.7 Å². The molecule has 0 saturated heterocycles. The monoisotopic (exact) mass is 264 g/mol. The molecule has 0 fully saturated rings. The molecule has 1 heterocycles. The van der Waals surface area contributed by atoms with Crippen LogP contribution in [0.5, 0.6) is 0 Å². The highest BCUT2D eigenvalue weighted by Gasteiger charge is 2.13. The van der Waals surface area contributed by atoms with E-state index in [-0.39, 0.29) is 0 Å². The fraction of sp³-hybridized carbons (Fsp3) is 0.0909. The molecular formula is C11H9BrN2O. The summed E-state index contributed by atoms with van der Waals surface area (Å²) in [5.41, 5.74) is 3.28. The van der Waals surface area contributed by atoms with Crippen LogP contribution in [0.15, 0.2) is 33.2 Å². The van der Waals surface area contributed by atoms with Crippen molar-refractivity contribution in [1.29, 1.82) is 0 Å². The summed E-state index contributed by atoms with van der Waals surface area (Å²) in [6.45, 7) is 0. The van der Waals surface area contributed by atoms with E-state index in [1.54, 1.807) is 0 Å². The second-order valence-electron chi connectivity index (χ2n) is 3.07. The Morgan fingerprint density at radius 1 is 1.53 bits per heavy atom. The topological polar surface area (TPSA) is 51.2 Å². The number of fused-ring (bicyclic) bond motifs is 1. The number of nitrogens with two attached hydrogens (primary N) is 1. The van der Waals surface area contributed by atoms with Crippen LogP contribution in [-0.2, 0) is 0 Å². The number of furan rings is 1. The number of para-hydroxylation sites is 1. The van der Waals surface area contributed by atoms with Gasteiger partial charge < -0.3 is 4.42 Å². The van der Waals surface area contributed by atoms with Crippen molar-refractivity contribution in [1.82, 2.24) is 5.43 Å². The SMILES string of the molecule is C#CC(NN)c1cc2cccc(Br)c2o1. The van der Waals surface area contributed by atoms with Gasteiger partial charge in [-0.3, -0.25) is 5.84 Å². The van der Waals surface area contributed by atoms with Gasteiger partial charge in [0.2, 0.25) is 0 Å². The minimum absolute atomic E-state index is 0.399. The smallest absolute Gasteiger partial charge is 0.148 e. The van der Waals surface area contributed by atoms with Gasteiger partial charge in [0.1, 0.15) is 17.4 Å². The number of hydrogen-bond donors (Lipinski definition) is 2. The zero-order valence-corrected chi connectivity index (χ0v) is 9.41. The molecule has 1 aromatic carbocycles. The molecule has 0 aliphatic carbocycles. The number of halogens is 1. The highest BCUT2D eigenvalue weighted by atomic mass is 79.9. The van der Waals surface area contributed by atoms with Crippen LogP contribution in [0.4, 0.5) is 0 Å². The Balaban J connectivity index is 2.57. The molecule has 0 bridgehead atoms. The van der Waals surface area contributed by atoms with Crippen LogP contribution in [0.2, 0.25) is 0 Å². The molecule has 1 aromatic heterocycles. The highest BCUT2D eigenvalue weighted by Crippen LogP contribution is 2.29. The first-order valence-electron chi connectivity index (χ1n) is 4.36. The molecule has 0 spiro atoms. The fourth-order valence-electron chi connectivity index (χ4n) is 1.40. The standard InChI is InChI=1S/C11H9BrN2O/c1-2-9(14-13)10-6-7-4-3-5-8(12)11(7)15-10/h1,3-6,9,14H,13H2. The summed E-state index contributed by atoms with van der Waals surface area (Å²) in [5.74, 6) is 8.45. The van der Waals surface area contributed by atoms with Gasteiger partial charge >= 0.3 is 0 Å².